The lowest BCUT2D eigenvalue weighted by Crippen LogP contribution is -2.17. The third-order valence-corrected chi connectivity index (χ3v) is 5.79. The molecule has 0 amide bonds. The number of rotatable bonds is 4. The van der Waals surface area contributed by atoms with Crippen molar-refractivity contribution in [3.63, 3.8) is 0 Å². The summed E-state index contributed by atoms with van der Waals surface area (Å²) in [6.45, 7) is 1.28. The summed E-state index contributed by atoms with van der Waals surface area (Å²) in [5.41, 5.74) is 0.191. The molecular weight excluding hydrogens is 448 g/mol. The number of H-pyrrole nitrogens is 1. The highest BCUT2D eigenvalue weighted by molar-refractivity contribution is 9.10. The summed E-state index contributed by atoms with van der Waals surface area (Å²) in [4.78, 5) is 27.9. The average molecular weight is 459 g/mol. The number of Topliss-reactive ketones (excluding diaryl/α,β-unsaturated/α-hetero) is 1. The Morgan fingerprint density at radius 2 is 2.00 bits per heavy atom. The van der Waals surface area contributed by atoms with Crippen molar-refractivity contribution >= 4 is 56.0 Å². The smallest absolute Gasteiger partial charge is 0.202 e. The number of thioether (sulfide) groups is 1. The summed E-state index contributed by atoms with van der Waals surface area (Å²) in [7, 11) is 0. The number of ketones is 1. The van der Waals surface area contributed by atoms with Gasteiger partial charge in [-0.25, -0.2) is 8.78 Å². The van der Waals surface area contributed by atoms with E-state index >= 15 is 0 Å². The van der Waals surface area contributed by atoms with Crippen LogP contribution in [0.3, 0.4) is 0 Å². The van der Waals surface area contributed by atoms with Crippen molar-refractivity contribution in [2.75, 3.05) is 0 Å². The number of benzene rings is 2. The summed E-state index contributed by atoms with van der Waals surface area (Å²) < 4.78 is 27.5. The second-order valence-corrected chi connectivity index (χ2v) is 7.77. The minimum absolute atomic E-state index is 0.0370. The van der Waals surface area contributed by atoms with Crippen LogP contribution in [0.15, 0.2) is 44.6 Å². The Balaban J connectivity index is 2.12. The third kappa shape index (κ3) is 3.56. The highest BCUT2D eigenvalue weighted by Gasteiger charge is 2.20. The predicted octanol–water partition coefficient (Wildman–Crippen LogP) is 5.72. The molecule has 0 aliphatic heterocycles. The van der Waals surface area contributed by atoms with Crippen LogP contribution in [0.5, 0.6) is 0 Å². The predicted molar refractivity (Wildman–Crippen MR) is 103 cm³/mol. The molecule has 0 unspecified atom stereocenters. The Labute approximate surface area is 164 Å². The fourth-order valence-corrected chi connectivity index (χ4v) is 4.28. The maximum Gasteiger partial charge on any atom is 0.202 e. The van der Waals surface area contributed by atoms with Crippen LogP contribution in [-0.2, 0) is 5.75 Å². The topological polar surface area (TPSA) is 49.9 Å². The van der Waals surface area contributed by atoms with Gasteiger partial charge in [-0.1, -0.05) is 17.7 Å². The number of fused-ring (bicyclic) bond motifs is 1. The summed E-state index contributed by atoms with van der Waals surface area (Å²) in [5.74, 6) is -1.66. The van der Waals surface area contributed by atoms with Crippen molar-refractivity contribution in [3.8, 4) is 0 Å². The minimum atomic E-state index is -0.686. The highest BCUT2D eigenvalue weighted by atomic mass is 79.9. The van der Waals surface area contributed by atoms with Gasteiger partial charge in [-0.15, -0.1) is 11.8 Å². The number of carbonyl (C=O) groups excluding carboxylic acids is 1. The summed E-state index contributed by atoms with van der Waals surface area (Å²) in [5, 5.41) is 0.748. The van der Waals surface area contributed by atoms with Crippen LogP contribution in [0, 0.1) is 11.6 Å². The van der Waals surface area contributed by atoms with Gasteiger partial charge >= 0.3 is 0 Å². The first-order chi connectivity index (χ1) is 12.3. The van der Waals surface area contributed by atoms with Gasteiger partial charge in [0, 0.05) is 16.3 Å². The quantitative estimate of drug-likeness (QED) is 0.402. The average Bonchev–Trinajstić information content (AvgIpc) is 2.56. The maximum atomic E-state index is 13.8. The van der Waals surface area contributed by atoms with Crippen LogP contribution >= 0.6 is 39.3 Å². The Morgan fingerprint density at radius 3 is 2.65 bits per heavy atom. The Morgan fingerprint density at radius 1 is 1.27 bits per heavy atom. The van der Waals surface area contributed by atoms with Crippen molar-refractivity contribution < 1.29 is 13.6 Å². The lowest BCUT2D eigenvalue weighted by atomic mass is 10.1. The largest absolute Gasteiger partial charge is 0.348 e. The monoisotopic (exact) mass is 457 g/mol. The van der Waals surface area contributed by atoms with E-state index in [0.717, 1.165) is 23.9 Å². The zero-order valence-corrected chi connectivity index (χ0v) is 16.5. The molecule has 0 aliphatic carbocycles. The summed E-state index contributed by atoms with van der Waals surface area (Å²) in [6.07, 6.45) is 0. The lowest BCUT2D eigenvalue weighted by Gasteiger charge is -2.11. The third-order valence-electron chi connectivity index (χ3n) is 3.76. The molecule has 0 fully saturated rings. The standard InChI is InChI=1S/C18H11BrClF2NO2S/c1-8(24)14-17(25)15-12(20)5-4-11(19)16(15)23-18(14)26-7-9-2-3-10(21)6-13(9)22/h2-6H,7H2,1H3,(H,23,25). The molecule has 0 bridgehead atoms. The van der Waals surface area contributed by atoms with Crippen LogP contribution < -0.4 is 5.43 Å². The van der Waals surface area contributed by atoms with Gasteiger partial charge in [-0.3, -0.25) is 9.59 Å². The molecule has 0 atom stereocenters. The van der Waals surface area contributed by atoms with E-state index in [9.17, 15) is 18.4 Å². The van der Waals surface area contributed by atoms with Crippen molar-refractivity contribution in [1.29, 1.82) is 0 Å². The van der Waals surface area contributed by atoms with E-state index in [1.807, 2.05) is 0 Å². The number of pyridine rings is 1. The van der Waals surface area contributed by atoms with Crippen LogP contribution in [0.2, 0.25) is 5.02 Å². The van der Waals surface area contributed by atoms with Crippen molar-refractivity contribution in [1.82, 2.24) is 4.98 Å². The van der Waals surface area contributed by atoms with Crippen LogP contribution in [0.1, 0.15) is 22.8 Å². The van der Waals surface area contributed by atoms with Gasteiger partial charge in [0.15, 0.2) is 5.78 Å². The molecule has 0 saturated heterocycles. The first-order valence-electron chi connectivity index (χ1n) is 7.41. The van der Waals surface area contributed by atoms with Crippen molar-refractivity contribution in [2.45, 2.75) is 17.7 Å². The SMILES string of the molecule is CC(=O)c1c(SCc2ccc(F)cc2F)[nH]c2c(Br)ccc(Cl)c2c1=O. The molecule has 1 N–H and O–H groups in total. The van der Waals surface area contributed by atoms with Gasteiger partial charge < -0.3 is 4.98 Å². The fourth-order valence-electron chi connectivity index (χ4n) is 2.52. The van der Waals surface area contributed by atoms with Crippen LogP contribution in [0.25, 0.3) is 10.9 Å². The molecule has 134 valence electrons. The van der Waals surface area contributed by atoms with Crippen molar-refractivity contribution in [3.05, 3.63) is 72.8 Å². The van der Waals surface area contributed by atoms with Gasteiger partial charge in [-0.05, 0) is 46.6 Å². The van der Waals surface area contributed by atoms with Crippen molar-refractivity contribution in [2.24, 2.45) is 0 Å². The lowest BCUT2D eigenvalue weighted by molar-refractivity contribution is 0.101. The molecule has 3 nitrogen and oxygen atoms in total. The van der Waals surface area contributed by atoms with Gasteiger partial charge in [0.2, 0.25) is 5.43 Å². The highest BCUT2D eigenvalue weighted by Crippen LogP contribution is 2.31. The molecule has 0 aliphatic rings. The van der Waals surface area contributed by atoms with E-state index in [1.54, 1.807) is 12.1 Å². The van der Waals surface area contributed by atoms with Gasteiger partial charge in [0.25, 0.3) is 0 Å². The van der Waals surface area contributed by atoms with E-state index in [-0.39, 0.29) is 27.3 Å². The molecule has 0 spiro atoms. The summed E-state index contributed by atoms with van der Waals surface area (Å²) in [6, 6.07) is 6.53. The molecule has 3 rings (SSSR count). The Bertz CT molecular complexity index is 1100. The van der Waals surface area contributed by atoms with E-state index in [2.05, 4.69) is 20.9 Å². The van der Waals surface area contributed by atoms with Gasteiger partial charge in [-0.2, -0.15) is 0 Å². The molecule has 26 heavy (non-hydrogen) atoms. The summed E-state index contributed by atoms with van der Waals surface area (Å²) >= 11 is 10.6. The van der Waals surface area contributed by atoms with E-state index in [0.29, 0.717) is 15.0 Å². The molecule has 0 radical (unpaired) electrons. The van der Waals surface area contributed by atoms with Gasteiger partial charge in [0.1, 0.15) is 11.6 Å². The second-order valence-electron chi connectivity index (χ2n) is 5.52. The maximum absolute atomic E-state index is 13.8. The Hall–Kier alpha value is -1.70. The van der Waals surface area contributed by atoms with E-state index < -0.39 is 22.8 Å². The number of nitrogens with one attached hydrogen (secondary N) is 1. The molecule has 8 heteroatoms. The zero-order chi connectivity index (χ0) is 19.0. The molecule has 0 saturated carbocycles. The first-order valence-corrected chi connectivity index (χ1v) is 9.57. The molecule has 2 aromatic carbocycles. The number of carbonyl (C=O) groups is 1. The van der Waals surface area contributed by atoms with E-state index in [4.69, 9.17) is 11.6 Å². The normalized spacial score (nSPS) is 11.1. The number of aromatic amines is 1. The number of hydrogen-bond donors (Lipinski definition) is 1. The van der Waals surface area contributed by atoms with Crippen LogP contribution in [-0.4, -0.2) is 10.8 Å². The van der Waals surface area contributed by atoms with Gasteiger partial charge in [0.05, 0.1) is 26.5 Å². The molecule has 1 aromatic heterocycles. The number of hydrogen-bond acceptors (Lipinski definition) is 3. The zero-order valence-electron chi connectivity index (χ0n) is 13.3. The second kappa shape index (κ2) is 7.50. The minimum Gasteiger partial charge on any atom is -0.348 e. The number of aromatic nitrogens is 1. The van der Waals surface area contributed by atoms with E-state index in [1.165, 1.54) is 13.0 Å². The molecule has 1 heterocycles. The van der Waals surface area contributed by atoms with Crippen LogP contribution in [0.4, 0.5) is 8.78 Å². The fraction of sp³-hybridized carbons (Fsp3) is 0.111. The Kier molecular flexibility index (Phi) is 5.50. The number of halogens is 4. The molecule has 3 aromatic rings. The first kappa shape index (κ1) is 19.1. The molecular formula is C18H11BrClF2NO2S.